The van der Waals surface area contributed by atoms with Crippen LogP contribution in [-0.2, 0) is 21.1 Å². The minimum Gasteiger partial charge on any atom is -0.505 e. The molecule has 37 heavy (non-hydrogen) atoms. The standard InChI is InChI=1S/C27H39N3O6S/c1-6-18(5)24(28)26(32)29-14-17(4)12-19-8-7-9-21(25(19)31)30-27(16(2)3)37(33,34)20-10-11-22-23(13-20)36-15-35-22/h7-11,13,16-18,24,27,30-31H,6,12,14-15,28H2,1-5H3,(H,29,32)/t17?,18-,24+,27-/m0/s1. The zero-order valence-electron chi connectivity index (χ0n) is 22.2. The SMILES string of the molecule is CC[C@H](C)[C@@H](N)C(=O)NCC(C)Cc1cccc(N[C@H](C(C)C)S(=O)(=O)c2ccc3c(c2)OCO3)c1O. The fraction of sp³-hybridized carbons (Fsp3) is 0.519. The molecule has 5 N–H and O–H groups in total. The predicted molar refractivity (Wildman–Crippen MR) is 143 cm³/mol. The maximum atomic E-state index is 13.5. The fourth-order valence-electron chi connectivity index (χ4n) is 4.18. The van der Waals surface area contributed by atoms with Gasteiger partial charge in [-0.25, -0.2) is 8.42 Å². The Balaban J connectivity index is 1.73. The van der Waals surface area contributed by atoms with Crippen molar-refractivity contribution < 1.29 is 27.8 Å². The van der Waals surface area contributed by atoms with Gasteiger partial charge in [0.25, 0.3) is 0 Å². The van der Waals surface area contributed by atoms with Crippen molar-refractivity contribution in [2.45, 2.75) is 63.8 Å². The second-order valence-corrected chi connectivity index (χ2v) is 12.2. The molecular weight excluding hydrogens is 494 g/mol. The van der Waals surface area contributed by atoms with E-state index < -0.39 is 21.3 Å². The molecule has 4 atom stereocenters. The Morgan fingerprint density at radius 2 is 1.81 bits per heavy atom. The number of amides is 1. The lowest BCUT2D eigenvalue weighted by Gasteiger charge is -2.25. The van der Waals surface area contributed by atoms with Crippen molar-refractivity contribution >= 4 is 21.4 Å². The molecule has 1 amide bonds. The molecule has 0 bridgehead atoms. The molecule has 0 aliphatic carbocycles. The highest BCUT2D eigenvalue weighted by Crippen LogP contribution is 2.37. The Labute approximate surface area is 219 Å². The van der Waals surface area contributed by atoms with Gasteiger partial charge in [0.2, 0.25) is 12.7 Å². The number of nitrogens with one attached hydrogen (secondary N) is 2. The van der Waals surface area contributed by atoms with E-state index in [4.69, 9.17) is 15.2 Å². The van der Waals surface area contributed by atoms with Crippen LogP contribution >= 0.6 is 0 Å². The monoisotopic (exact) mass is 533 g/mol. The molecule has 204 valence electrons. The molecule has 0 fully saturated rings. The van der Waals surface area contributed by atoms with Crippen LogP contribution in [0.3, 0.4) is 0 Å². The minimum absolute atomic E-state index is 0.0106. The van der Waals surface area contributed by atoms with E-state index >= 15 is 0 Å². The van der Waals surface area contributed by atoms with Gasteiger partial charge in [-0.2, -0.15) is 0 Å². The molecule has 9 nitrogen and oxygen atoms in total. The largest absolute Gasteiger partial charge is 0.505 e. The lowest BCUT2D eigenvalue weighted by Crippen LogP contribution is -2.45. The van der Waals surface area contributed by atoms with E-state index in [2.05, 4.69) is 10.6 Å². The lowest BCUT2D eigenvalue weighted by atomic mass is 9.97. The number of carbonyl (C=O) groups excluding carboxylic acids is 1. The van der Waals surface area contributed by atoms with Crippen molar-refractivity contribution in [3.63, 3.8) is 0 Å². The van der Waals surface area contributed by atoms with Gasteiger partial charge >= 0.3 is 0 Å². The van der Waals surface area contributed by atoms with Crippen molar-refractivity contribution in [2.24, 2.45) is 23.5 Å². The van der Waals surface area contributed by atoms with Crippen molar-refractivity contribution in [3.8, 4) is 17.2 Å². The number of hydrogen-bond acceptors (Lipinski definition) is 8. The number of benzene rings is 2. The lowest BCUT2D eigenvalue weighted by molar-refractivity contribution is -0.123. The van der Waals surface area contributed by atoms with E-state index in [1.54, 1.807) is 38.1 Å². The molecule has 2 aromatic carbocycles. The zero-order valence-corrected chi connectivity index (χ0v) is 23.0. The van der Waals surface area contributed by atoms with Crippen LogP contribution in [-0.4, -0.2) is 44.2 Å². The molecule has 0 spiro atoms. The molecule has 1 heterocycles. The number of carbonyl (C=O) groups is 1. The highest BCUT2D eigenvalue weighted by Gasteiger charge is 2.32. The first-order chi connectivity index (χ1) is 17.4. The summed E-state index contributed by atoms with van der Waals surface area (Å²) in [7, 11) is -3.83. The van der Waals surface area contributed by atoms with E-state index in [0.717, 1.165) is 6.42 Å². The summed E-state index contributed by atoms with van der Waals surface area (Å²) in [6.45, 7) is 9.98. The number of fused-ring (bicyclic) bond motifs is 1. The molecular formula is C27H39N3O6S. The number of phenols is 1. The van der Waals surface area contributed by atoms with E-state index in [9.17, 15) is 18.3 Å². The zero-order chi connectivity index (χ0) is 27.3. The van der Waals surface area contributed by atoms with Crippen molar-refractivity contribution in [1.82, 2.24) is 5.32 Å². The summed E-state index contributed by atoms with van der Waals surface area (Å²) in [5.74, 6) is 0.503. The Hall–Kier alpha value is -2.98. The molecule has 0 radical (unpaired) electrons. The summed E-state index contributed by atoms with van der Waals surface area (Å²) < 4.78 is 37.7. The van der Waals surface area contributed by atoms with Crippen LogP contribution < -0.4 is 25.8 Å². The van der Waals surface area contributed by atoms with Gasteiger partial charge in [0, 0.05) is 12.6 Å². The van der Waals surface area contributed by atoms with Crippen LogP contribution in [0.5, 0.6) is 17.2 Å². The van der Waals surface area contributed by atoms with E-state index in [0.29, 0.717) is 35.7 Å². The topological polar surface area (TPSA) is 140 Å². The summed E-state index contributed by atoms with van der Waals surface area (Å²) in [6.07, 6.45) is 1.31. The molecule has 0 saturated carbocycles. The number of aromatic hydroxyl groups is 1. The first-order valence-corrected chi connectivity index (χ1v) is 14.2. The third kappa shape index (κ3) is 6.67. The van der Waals surface area contributed by atoms with Crippen molar-refractivity contribution in [3.05, 3.63) is 42.0 Å². The van der Waals surface area contributed by atoms with E-state index in [1.165, 1.54) is 12.1 Å². The van der Waals surface area contributed by atoms with E-state index in [1.807, 2.05) is 20.8 Å². The van der Waals surface area contributed by atoms with Crippen LogP contribution in [0.25, 0.3) is 0 Å². The van der Waals surface area contributed by atoms with Gasteiger partial charge in [-0.1, -0.05) is 53.2 Å². The number of rotatable bonds is 12. The summed E-state index contributed by atoms with van der Waals surface area (Å²) in [5, 5.41) is 16.0. The number of para-hydroxylation sites is 1. The van der Waals surface area contributed by atoms with Crippen LogP contribution in [0.2, 0.25) is 0 Å². The molecule has 1 aliphatic rings. The molecule has 1 aliphatic heterocycles. The van der Waals surface area contributed by atoms with Crippen LogP contribution in [0.1, 0.15) is 46.6 Å². The summed E-state index contributed by atoms with van der Waals surface area (Å²) >= 11 is 0. The van der Waals surface area contributed by atoms with Gasteiger partial charge in [0.15, 0.2) is 21.3 Å². The van der Waals surface area contributed by atoms with Gasteiger partial charge < -0.3 is 30.9 Å². The predicted octanol–water partition coefficient (Wildman–Crippen LogP) is 3.66. The molecule has 1 unspecified atom stereocenters. The molecule has 0 saturated heterocycles. The second-order valence-electron chi connectivity index (χ2n) is 10.1. The first kappa shape index (κ1) is 28.6. The first-order valence-electron chi connectivity index (χ1n) is 12.7. The number of anilines is 1. The highest BCUT2D eigenvalue weighted by molar-refractivity contribution is 7.92. The van der Waals surface area contributed by atoms with Gasteiger partial charge in [-0.3, -0.25) is 4.79 Å². The Morgan fingerprint density at radius 1 is 1.11 bits per heavy atom. The maximum absolute atomic E-state index is 13.5. The number of sulfone groups is 1. The third-order valence-electron chi connectivity index (χ3n) is 6.78. The smallest absolute Gasteiger partial charge is 0.237 e. The molecule has 2 aromatic rings. The minimum atomic E-state index is -3.83. The number of hydrogen-bond donors (Lipinski definition) is 4. The summed E-state index contributed by atoms with van der Waals surface area (Å²) in [5.41, 5.74) is 6.99. The van der Waals surface area contributed by atoms with Crippen LogP contribution in [0, 0.1) is 17.8 Å². The van der Waals surface area contributed by atoms with Gasteiger partial charge in [0.05, 0.1) is 16.6 Å². The fourth-order valence-corrected chi connectivity index (χ4v) is 6.00. The van der Waals surface area contributed by atoms with Crippen molar-refractivity contribution in [1.29, 1.82) is 0 Å². The third-order valence-corrected chi connectivity index (χ3v) is 9.02. The maximum Gasteiger partial charge on any atom is 0.237 e. The quantitative estimate of drug-likeness (QED) is 0.303. The van der Waals surface area contributed by atoms with Gasteiger partial charge in [-0.15, -0.1) is 0 Å². The van der Waals surface area contributed by atoms with E-state index in [-0.39, 0.29) is 41.1 Å². The molecule has 0 aromatic heterocycles. The Morgan fingerprint density at radius 3 is 2.49 bits per heavy atom. The Bertz CT molecular complexity index is 1200. The van der Waals surface area contributed by atoms with Gasteiger partial charge in [0.1, 0.15) is 11.1 Å². The second kappa shape index (κ2) is 12.0. The number of nitrogens with two attached hydrogens (primary N) is 1. The Kier molecular flexibility index (Phi) is 9.31. The average molecular weight is 534 g/mol. The molecule has 10 heteroatoms. The summed E-state index contributed by atoms with van der Waals surface area (Å²) in [4.78, 5) is 12.4. The number of ether oxygens (including phenoxy) is 2. The van der Waals surface area contributed by atoms with Gasteiger partial charge in [-0.05, 0) is 47.9 Å². The average Bonchev–Trinajstić information content (AvgIpc) is 3.34. The van der Waals surface area contributed by atoms with Crippen LogP contribution in [0.4, 0.5) is 5.69 Å². The normalized spacial score (nSPS) is 16.2. The van der Waals surface area contributed by atoms with Crippen LogP contribution in [0.15, 0.2) is 41.3 Å². The molecule has 3 rings (SSSR count). The summed E-state index contributed by atoms with van der Waals surface area (Å²) in [6, 6.07) is 9.21. The van der Waals surface area contributed by atoms with Crippen molar-refractivity contribution in [2.75, 3.05) is 18.7 Å². The number of phenolic OH excluding ortho intramolecular Hbond substituents is 1. The highest BCUT2D eigenvalue weighted by atomic mass is 32.2.